The highest BCUT2D eigenvalue weighted by atomic mass is 32.2. The van der Waals surface area contributed by atoms with Crippen LogP contribution in [0.25, 0.3) is 11.6 Å². The lowest BCUT2D eigenvalue weighted by molar-refractivity contribution is 0.306. The molecule has 0 atom stereocenters. The summed E-state index contributed by atoms with van der Waals surface area (Å²) in [5.74, 6) is 2.63. The topological polar surface area (TPSA) is 129 Å². The van der Waals surface area contributed by atoms with Gasteiger partial charge < -0.3 is 15.1 Å². The van der Waals surface area contributed by atoms with Crippen molar-refractivity contribution >= 4 is 16.0 Å². The molecule has 2 aromatic heterocycles. The van der Waals surface area contributed by atoms with Crippen LogP contribution < -0.4 is 10.6 Å². The standard InChI is InChI=1S/C17H27N7O3S/c1-3-11-28(25,26)24-8-6-13(7-9-24)20-17(18-2)19-12-15-21-16(23-22-15)14-5-4-10-27-14/h4-5,10,13H,3,6-9,11-12H2,1-2H3,(H2,18,19,20)(H,21,22,23). The third-order valence-electron chi connectivity index (χ3n) is 4.57. The third-order valence-corrected chi connectivity index (χ3v) is 6.65. The minimum atomic E-state index is -3.12. The molecular formula is C17H27N7O3S. The van der Waals surface area contributed by atoms with Crippen LogP contribution in [-0.2, 0) is 16.6 Å². The van der Waals surface area contributed by atoms with E-state index in [1.54, 1.807) is 29.7 Å². The Balaban J connectivity index is 1.47. The first-order valence-electron chi connectivity index (χ1n) is 9.42. The van der Waals surface area contributed by atoms with Crippen molar-refractivity contribution in [1.82, 2.24) is 30.1 Å². The average Bonchev–Trinajstić information content (AvgIpc) is 3.37. The lowest BCUT2D eigenvalue weighted by Crippen LogP contribution is -2.49. The van der Waals surface area contributed by atoms with Gasteiger partial charge >= 0.3 is 0 Å². The fourth-order valence-corrected chi connectivity index (χ4v) is 4.65. The fourth-order valence-electron chi connectivity index (χ4n) is 3.11. The summed E-state index contributed by atoms with van der Waals surface area (Å²) in [5, 5.41) is 13.6. The van der Waals surface area contributed by atoms with Crippen molar-refractivity contribution < 1.29 is 12.8 Å². The smallest absolute Gasteiger partial charge is 0.216 e. The van der Waals surface area contributed by atoms with Gasteiger partial charge in [-0.3, -0.25) is 10.1 Å². The van der Waals surface area contributed by atoms with Gasteiger partial charge in [-0.25, -0.2) is 17.7 Å². The Labute approximate surface area is 164 Å². The van der Waals surface area contributed by atoms with Crippen LogP contribution in [0, 0.1) is 0 Å². The molecule has 0 saturated carbocycles. The summed E-state index contributed by atoms with van der Waals surface area (Å²) >= 11 is 0. The van der Waals surface area contributed by atoms with Crippen molar-refractivity contribution in [2.24, 2.45) is 4.99 Å². The van der Waals surface area contributed by atoms with Crippen LogP contribution in [0.4, 0.5) is 0 Å². The number of furan rings is 1. The van der Waals surface area contributed by atoms with E-state index < -0.39 is 10.0 Å². The van der Waals surface area contributed by atoms with E-state index in [4.69, 9.17) is 4.42 Å². The summed E-state index contributed by atoms with van der Waals surface area (Å²) < 4.78 is 31.2. The van der Waals surface area contributed by atoms with Gasteiger partial charge in [-0.15, -0.1) is 5.10 Å². The van der Waals surface area contributed by atoms with Crippen LogP contribution >= 0.6 is 0 Å². The summed E-state index contributed by atoms with van der Waals surface area (Å²) in [4.78, 5) is 8.61. The van der Waals surface area contributed by atoms with Crippen LogP contribution in [0.15, 0.2) is 27.8 Å². The van der Waals surface area contributed by atoms with Gasteiger partial charge in [0.2, 0.25) is 15.8 Å². The van der Waals surface area contributed by atoms with Crippen LogP contribution in [-0.4, -0.2) is 65.8 Å². The number of rotatable bonds is 7. The van der Waals surface area contributed by atoms with Crippen LogP contribution in [0.1, 0.15) is 32.0 Å². The molecule has 2 aromatic rings. The molecule has 3 heterocycles. The quantitative estimate of drug-likeness (QED) is 0.458. The van der Waals surface area contributed by atoms with Crippen molar-refractivity contribution in [3.63, 3.8) is 0 Å². The molecule has 3 rings (SSSR count). The van der Waals surface area contributed by atoms with Crippen LogP contribution in [0.3, 0.4) is 0 Å². The molecule has 0 radical (unpaired) electrons. The number of sulfonamides is 1. The highest BCUT2D eigenvalue weighted by molar-refractivity contribution is 7.89. The Morgan fingerprint density at radius 2 is 2.21 bits per heavy atom. The molecule has 154 valence electrons. The number of guanidine groups is 1. The number of nitrogens with one attached hydrogen (secondary N) is 3. The van der Waals surface area contributed by atoms with Crippen molar-refractivity contribution in [1.29, 1.82) is 0 Å². The first-order valence-corrected chi connectivity index (χ1v) is 11.0. The Morgan fingerprint density at radius 3 is 2.86 bits per heavy atom. The number of aliphatic imine (C=N–C) groups is 1. The lowest BCUT2D eigenvalue weighted by atomic mass is 10.1. The molecule has 1 fully saturated rings. The van der Waals surface area contributed by atoms with Crippen LogP contribution in [0.5, 0.6) is 0 Å². The van der Waals surface area contributed by atoms with E-state index in [0.717, 1.165) is 12.8 Å². The van der Waals surface area contributed by atoms with E-state index >= 15 is 0 Å². The molecule has 1 aliphatic rings. The van der Waals surface area contributed by atoms with Crippen molar-refractivity contribution in [3.05, 3.63) is 24.2 Å². The molecular weight excluding hydrogens is 382 g/mol. The SMILES string of the molecule is CCCS(=O)(=O)N1CCC(NC(=NC)NCc2nc(-c3ccco3)n[nH]2)CC1. The highest BCUT2D eigenvalue weighted by Gasteiger charge is 2.27. The minimum Gasteiger partial charge on any atom is -0.461 e. The van der Waals surface area contributed by atoms with Gasteiger partial charge in [0.05, 0.1) is 18.6 Å². The predicted octanol–water partition coefficient (Wildman–Crippen LogP) is 0.934. The minimum absolute atomic E-state index is 0.174. The van der Waals surface area contributed by atoms with Gasteiger partial charge in [-0.05, 0) is 31.4 Å². The normalized spacial score (nSPS) is 17.0. The molecule has 1 aliphatic heterocycles. The predicted molar refractivity (Wildman–Crippen MR) is 106 cm³/mol. The van der Waals surface area contributed by atoms with Gasteiger partial charge in [0.1, 0.15) is 5.82 Å². The van der Waals surface area contributed by atoms with E-state index in [2.05, 4.69) is 30.8 Å². The van der Waals surface area contributed by atoms with Gasteiger partial charge in [0, 0.05) is 26.2 Å². The highest BCUT2D eigenvalue weighted by Crippen LogP contribution is 2.16. The van der Waals surface area contributed by atoms with E-state index in [0.29, 0.717) is 49.4 Å². The molecule has 0 amide bonds. The number of hydrogen-bond acceptors (Lipinski definition) is 6. The van der Waals surface area contributed by atoms with E-state index in [9.17, 15) is 8.42 Å². The Hall–Kier alpha value is -2.40. The van der Waals surface area contributed by atoms with Gasteiger partial charge in [-0.2, -0.15) is 0 Å². The molecule has 0 spiro atoms. The fraction of sp³-hybridized carbons (Fsp3) is 0.588. The van der Waals surface area contributed by atoms with Gasteiger partial charge in [0.15, 0.2) is 11.7 Å². The second kappa shape index (κ2) is 9.20. The molecule has 0 unspecified atom stereocenters. The zero-order valence-corrected chi connectivity index (χ0v) is 17.0. The van der Waals surface area contributed by atoms with Crippen molar-refractivity contribution in [2.45, 2.75) is 38.8 Å². The van der Waals surface area contributed by atoms with E-state index in [1.165, 1.54) is 0 Å². The number of aromatic nitrogens is 3. The molecule has 0 aliphatic carbocycles. The summed E-state index contributed by atoms with van der Waals surface area (Å²) in [6, 6.07) is 3.76. The van der Waals surface area contributed by atoms with E-state index in [1.807, 2.05) is 6.92 Å². The molecule has 28 heavy (non-hydrogen) atoms. The molecule has 0 bridgehead atoms. The monoisotopic (exact) mass is 409 g/mol. The number of hydrogen-bond donors (Lipinski definition) is 3. The average molecular weight is 410 g/mol. The molecule has 1 saturated heterocycles. The van der Waals surface area contributed by atoms with Gasteiger partial charge in [0.25, 0.3) is 0 Å². The first kappa shape index (κ1) is 20.3. The largest absolute Gasteiger partial charge is 0.461 e. The maximum absolute atomic E-state index is 12.2. The van der Waals surface area contributed by atoms with Crippen molar-refractivity contribution in [3.8, 4) is 11.6 Å². The second-order valence-electron chi connectivity index (χ2n) is 6.64. The van der Waals surface area contributed by atoms with Crippen LogP contribution in [0.2, 0.25) is 0 Å². The number of nitrogens with zero attached hydrogens (tertiary/aromatic N) is 4. The zero-order chi connectivity index (χ0) is 20.0. The molecule has 10 nitrogen and oxygen atoms in total. The molecule has 11 heteroatoms. The number of piperidine rings is 1. The maximum Gasteiger partial charge on any atom is 0.216 e. The Morgan fingerprint density at radius 1 is 1.43 bits per heavy atom. The first-order chi connectivity index (χ1) is 13.5. The Bertz CT molecular complexity index is 868. The van der Waals surface area contributed by atoms with E-state index in [-0.39, 0.29) is 11.8 Å². The third kappa shape index (κ3) is 5.10. The summed E-state index contributed by atoms with van der Waals surface area (Å²) in [5.41, 5.74) is 0. The molecule has 3 N–H and O–H groups in total. The van der Waals surface area contributed by atoms with Crippen molar-refractivity contribution in [2.75, 3.05) is 25.9 Å². The summed E-state index contributed by atoms with van der Waals surface area (Å²) in [6.45, 7) is 3.38. The molecule has 0 aromatic carbocycles. The number of H-pyrrole nitrogens is 1. The Kier molecular flexibility index (Phi) is 6.68. The summed E-state index contributed by atoms with van der Waals surface area (Å²) in [6.07, 6.45) is 3.71. The number of aromatic amines is 1. The lowest BCUT2D eigenvalue weighted by Gasteiger charge is -2.32. The maximum atomic E-state index is 12.2. The van der Waals surface area contributed by atoms with Gasteiger partial charge in [-0.1, -0.05) is 6.92 Å². The second-order valence-corrected chi connectivity index (χ2v) is 8.73. The summed E-state index contributed by atoms with van der Waals surface area (Å²) in [7, 11) is -1.42. The zero-order valence-electron chi connectivity index (χ0n) is 16.2.